The summed E-state index contributed by atoms with van der Waals surface area (Å²) in [6.45, 7) is 4.00. The number of nitrogens with two attached hydrogens (primary N) is 1. The van der Waals surface area contributed by atoms with Gasteiger partial charge in [-0.1, -0.05) is 13.8 Å². The van der Waals surface area contributed by atoms with Crippen LogP contribution >= 0.6 is 0 Å². The van der Waals surface area contributed by atoms with E-state index in [1.54, 1.807) is 0 Å². The van der Waals surface area contributed by atoms with E-state index in [4.69, 9.17) is 5.73 Å². The number of hydrogen-bond acceptors (Lipinski definition) is 2. The molecule has 1 amide bonds. The molecule has 0 bridgehead atoms. The van der Waals surface area contributed by atoms with Gasteiger partial charge in [-0.25, -0.2) is 0 Å². The Morgan fingerprint density at radius 3 is 2.57 bits per heavy atom. The number of carbonyl (C=O) groups excluding carboxylic acids is 1. The predicted octanol–water partition coefficient (Wildman–Crippen LogP) is 3.54. The molecule has 116 valence electrons. The van der Waals surface area contributed by atoms with Gasteiger partial charge >= 0.3 is 6.18 Å². The number of halogens is 3. The third-order valence-electron chi connectivity index (χ3n) is 4.30. The van der Waals surface area contributed by atoms with Gasteiger partial charge in [-0.15, -0.1) is 0 Å². The number of alkyl halides is 3. The number of nitrogens with one attached hydrogen (secondary N) is 1. The quantitative estimate of drug-likeness (QED) is 0.893. The van der Waals surface area contributed by atoms with Gasteiger partial charge in [-0.2, -0.15) is 13.2 Å². The fourth-order valence-electron chi connectivity index (χ4n) is 2.48. The molecule has 2 rings (SSSR count). The van der Waals surface area contributed by atoms with E-state index in [0.717, 1.165) is 25.0 Å². The lowest BCUT2D eigenvalue weighted by Crippen LogP contribution is -2.18. The lowest BCUT2D eigenvalue weighted by atomic mass is 10.0. The molecule has 0 aromatic heterocycles. The average molecular weight is 300 g/mol. The molecule has 6 heteroatoms. The highest BCUT2D eigenvalue weighted by Crippen LogP contribution is 2.55. The number of benzene rings is 1. The third-order valence-corrected chi connectivity index (χ3v) is 4.30. The SMILES string of the molecule is CCC1(C)CC1C(=O)Nc1cc(CN)cc(C(F)(F)F)c1. The van der Waals surface area contributed by atoms with Gasteiger partial charge in [0, 0.05) is 18.2 Å². The molecule has 1 fully saturated rings. The zero-order valence-electron chi connectivity index (χ0n) is 12.1. The van der Waals surface area contributed by atoms with E-state index in [1.807, 2.05) is 13.8 Å². The molecular weight excluding hydrogens is 281 g/mol. The summed E-state index contributed by atoms with van der Waals surface area (Å²) in [5.74, 6) is -0.347. The standard InChI is InChI=1S/C15H19F3N2O/c1-3-14(2)7-12(14)13(21)20-11-5-9(8-19)4-10(6-11)15(16,17)18/h4-6,12H,3,7-8,19H2,1-2H3,(H,20,21). The highest BCUT2D eigenvalue weighted by Gasteiger charge is 2.52. The Bertz CT molecular complexity index is 556. The molecular formula is C15H19F3N2O. The van der Waals surface area contributed by atoms with Crippen molar-refractivity contribution in [3.05, 3.63) is 29.3 Å². The monoisotopic (exact) mass is 300 g/mol. The van der Waals surface area contributed by atoms with Gasteiger partial charge in [0.25, 0.3) is 0 Å². The topological polar surface area (TPSA) is 55.1 Å². The summed E-state index contributed by atoms with van der Waals surface area (Å²) in [5.41, 5.74) is 5.09. The molecule has 3 nitrogen and oxygen atoms in total. The van der Waals surface area contributed by atoms with Gasteiger partial charge in [0.1, 0.15) is 0 Å². The zero-order chi connectivity index (χ0) is 15.8. The Balaban J connectivity index is 2.19. The van der Waals surface area contributed by atoms with E-state index in [-0.39, 0.29) is 29.5 Å². The van der Waals surface area contributed by atoms with E-state index >= 15 is 0 Å². The molecule has 1 aliphatic carbocycles. The van der Waals surface area contributed by atoms with Crippen molar-refractivity contribution in [2.24, 2.45) is 17.1 Å². The van der Waals surface area contributed by atoms with E-state index in [1.165, 1.54) is 6.07 Å². The Labute approximate surface area is 121 Å². The first-order chi connectivity index (χ1) is 9.69. The van der Waals surface area contributed by atoms with Gasteiger partial charge < -0.3 is 11.1 Å². The maximum absolute atomic E-state index is 12.8. The first kappa shape index (κ1) is 15.8. The van der Waals surface area contributed by atoms with Crippen LogP contribution < -0.4 is 11.1 Å². The Morgan fingerprint density at radius 1 is 1.43 bits per heavy atom. The minimum atomic E-state index is -4.46. The van der Waals surface area contributed by atoms with E-state index < -0.39 is 11.7 Å². The molecule has 21 heavy (non-hydrogen) atoms. The minimum absolute atomic E-state index is 0.0110. The van der Waals surface area contributed by atoms with Crippen molar-refractivity contribution in [1.29, 1.82) is 0 Å². The summed E-state index contributed by atoms with van der Waals surface area (Å²) in [5, 5.41) is 2.59. The molecule has 2 atom stereocenters. The number of rotatable bonds is 4. The fourth-order valence-corrected chi connectivity index (χ4v) is 2.48. The van der Waals surface area contributed by atoms with Crippen molar-refractivity contribution in [2.45, 2.75) is 39.4 Å². The molecule has 1 aliphatic rings. The largest absolute Gasteiger partial charge is 0.416 e. The van der Waals surface area contributed by atoms with E-state index in [2.05, 4.69) is 5.32 Å². The lowest BCUT2D eigenvalue weighted by molar-refractivity contribution is -0.137. The van der Waals surface area contributed by atoms with Crippen LogP contribution in [0.3, 0.4) is 0 Å². The maximum atomic E-state index is 12.8. The summed E-state index contributed by atoms with van der Waals surface area (Å²) >= 11 is 0. The molecule has 0 saturated heterocycles. The second kappa shape index (κ2) is 5.33. The highest BCUT2D eigenvalue weighted by molar-refractivity contribution is 5.95. The van der Waals surface area contributed by atoms with Gasteiger partial charge in [0.15, 0.2) is 0 Å². The summed E-state index contributed by atoms with van der Waals surface area (Å²) in [7, 11) is 0. The summed E-state index contributed by atoms with van der Waals surface area (Å²) in [6, 6.07) is 3.43. The first-order valence-electron chi connectivity index (χ1n) is 6.91. The second-order valence-electron chi connectivity index (χ2n) is 5.87. The molecule has 1 aromatic rings. The van der Waals surface area contributed by atoms with Crippen molar-refractivity contribution in [2.75, 3.05) is 5.32 Å². The van der Waals surface area contributed by atoms with Crippen LogP contribution in [0.4, 0.5) is 18.9 Å². The van der Waals surface area contributed by atoms with Crippen LogP contribution in [0, 0.1) is 11.3 Å². The number of amides is 1. The van der Waals surface area contributed by atoms with Crippen molar-refractivity contribution >= 4 is 11.6 Å². The number of hydrogen-bond donors (Lipinski definition) is 2. The lowest BCUT2D eigenvalue weighted by Gasteiger charge is -2.13. The normalized spacial score (nSPS) is 24.8. The predicted molar refractivity (Wildman–Crippen MR) is 74.5 cm³/mol. The van der Waals surface area contributed by atoms with Crippen LogP contribution in [0.25, 0.3) is 0 Å². The van der Waals surface area contributed by atoms with Gasteiger partial charge in [0.2, 0.25) is 5.91 Å². The molecule has 3 N–H and O–H groups in total. The zero-order valence-corrected chi connectivity index (χ0v) is 12.1. The average Bonchev–Trinajstić information content (AvgIpc) is 3.10. The second-order valence-corrected chi connectivity index (χ2v) is 5.87. The number of carbonyl (C=O) groups is 1. The molecule has 0 spiro atoms. The van der Waals surface area contributed by atoms with Crippen LogP contribution in [-0.2, 0) is 17.5 Å². The first-order valence-corrected chi connectivity index (χ1v) is 6.91. The summed E-state index contributed by atoms with van der Waals surface area (Å²) in [6.07, 6.45) is -2.80. The minimum Gasteiger partial charge on any atom is -0.326 e. The summed E-state index contributed by atoms with van der Waals surface area (Å²) in [4.78, 5) is 12.1. The van der Waals surface area contributed by atoms with Crippen LogP contribution in [0.2, 0.25) is 0 Å². The molecule has 0 radical (unpaired) electrons. The van der Waals surface area contributed by atoms with Crippen LogP contribution in [0.5, 0.6) is 0 Å². The Hall–Kier alpha value is -1.56. The van der Waals surface area contributed by atoms with E-state index in [0.29, 0.717) is 5.56 Å². The Morgan fingerprint density at radius 2 is 2.10 bits per heavy atom. The smallest absolute Gasteiger partial charge is 0.326 e. The van der Waals surface area contributed by atoms with Crippen LogP contribution in [0.1, 0.15) is 37.8 Å². The molecule has 1 aromatic carbocycles. The van der Waals surface area contributed by atoms with Crippen LogP contribution in [0.15, 0.2) is 18.2 Å². The van der Waals surface area contributed by atoms with Gasteiger partial charge in [-0.3, -0.25) is 4.79 Å². The molecule has 1 saturated carbocycles. The van der Waals surface area contributed by atoms with Gasteiger partial charge in [0.05, 0.1) is 5.56 Å². The van der Waals surface area contributed by atoms with Gasteiger partial charge in [-0.05, 0) is 42.0 Å². The number of anilines is 1. The van der Waals surface area contributed by atoms with E-state index in [9.17, 15) is 18.0 Å². The summed E-state index contributed by atoms with van der Waals surface area (Å²) < 4.78 is 38.5. The fraction of sp³-hybridized carbons (Fsp3) is 0.533. The molecule has 2 unspecified atom stereocenters. The van der Waals surface area contributed by atoms with Crippen molar-refractivity contribution in [3.8, 4) is 0 Å². The van der Waals surface area contributed by atoms with Crippen molar-refractivity contribution < 1.29 is 18.0 Å². The van der Waals surface area contributed by atoms with Crippen molar-refractivity contribution in [3.63, 3.8) is 0 Å². The van der Waals surface area contributed by atoms with Crippen LogP contribution in [-0.4, -0.2) is 5.91 Å². The Kier molecular flexibility index (Phi) is 4.02. The van der Waals surface area contributed by atoms with Crippen molar-refractivity contribution in [1.82, 2.24) is 0 Å². The third kappa shape index (κ3) is 3.37. The molecule has 0 heterocycles. The molecule has 0 aliphatic heterocycles. The maximum Gasteiger partial charge on any atom is 0.416 e. The highest BCUT2D eigenvalue weighted by atomic mass is 19.4.